The second kappa shape index (κ2) is 11.1. The molecular weight excluding hydrogens is 500 g/mol. The zero-order chi connectivity index (χ0) is 27.5. The van der Waals surface area contributed by atoms with Gasteiger partial charge in [0.15, 0.2) is 5.78 Å². The summed E-state index contributed by atoms with van der Waals surface area (Å²) in [6.45, 7) is 1.73. The molecule has 1 radical (unpaired) electrons. The third-order valence-corrected chi connectivity index (χ3v) is 7.29. The van der Waals surface area contributed by atoms with Crippen molar-refractivity contribution in [2.45, 2.75) is 18.9 Å². The Hall–Kier alpha value is -4.88. The fourth-order valence-electron chi connectivity index (χ4n) is 5.02. The lowest BCUT2D eigenvalue weighted by molar-refractivity contribution is 0.102. The predicted octanol–water partition coefficient (Wildman–Crippen LogP) is 6.16. The van der Waals surface area contributed by atoms with Gasteiger partial charge < -0.3 is 25.6 Å². The van der Waals surface area contributed by atoms with E-state index in [-0.39, 0.29) is 17.8 Å². The first kappa shape index (κ1) is 25.4. The quantitative estimate of drug-likeness (QED) is 0.190. The van der Waals surface area contributed by atoms with E-state index in [1.807, 2.05) is 48.5 Å². The molecule has 0 saturated carbocycles. The number of aromatic amines is 1. The molecule has 1 aliphatic heterocycles. The van der Waals surface area contributed by atoms with Gasteiger partial charge in [-0.1, -0.05) is 12.1 Å². The smallest absolute Gasteiger partial charge is 0.257 e. The van der Waals surface area contributed by atoms with Crippen molar-refractivity contribution < 1.29 is 14.7 Å². The van der Waals surface area contributed by atoms with Gasteiger partial charge in [0.2, 0.25) is 0 Å². The monoisotopic (exact) mass is 529 g/mol. The summed E-state index contributed by atoms with van der Waals surface area (Å²) >= 11 is 0. The molecule has 0 spiro atoms. The van der Waals surface area contributed by atoms with Crippen LogP contribution in [-0.2, 0) is 0 Å². The fraction of sp³-hybridized carbons (Fsp3) is 0.152. The molecule has 4 aromatic carbocycles. The highest BCUT2D eigenvalue weighted by atomic mass is 16.3. The van der Waals surface area contributed by atoms with E-state index in [1.54, 1.807) is 36.5 Å². The van der Waals surface area contributed by atoms with Crippen LogP contribution in [0.15, 0.2) is 97.2 Å². The second-order valence-corrected chi connectivity index (χ2v) is 9.99. The number of hydrogen-bond donors (Lipinski definition) is 4. The van der Waals surface area contributed by atoms with E-state index >= 15 is 0 Å². The van der Waals surface area contributed by atoms with Gasteiger partial charge in [-0.05, 0) is 91.7 Å². The Labute approximate surface area is 232 Å². The first-order valence-electron chi connectivity index (χ1n) is 13.4. The van der Waals surface area contributed by atoms with Crippen LogP contribution in [0.25, 0.3) is 10.9 Å². The molecule has 0 atom stereocenters. The van der Waals surface area contributed by atoms with Crippen molar-refractivity contribution in [1.82, 2.24) is 4.98 Å². The third-order valence-electron chi connectivity index (χ3n) is 7.29. The van der Waals surface area contributed by atoms with Gasteiger partial charge >= 0.3 is 0 Å². The van der Waals surface area contributed by atoms with Gasteiger partial charge in [0.1, 0.15) is 0 Å². The highest BCUT2D eigenvalue weighted by Crippen LogP contribution is 2.25. The summed E-state index contributed by atoms with van der Waals surface area (Å²) in [6.07, 6.45) is 3.10. The van der Waals surface area contributed by atoms with Crippen LogP contribution in [-0.4, -0.2) is 41.0 Å². The molecule has 1 aromatic heterocycles. The fourth-order valence-corrected chi connectivity index (χ4v) is 5.02. The number of aromatic nitrogens is 1. The Morgan fingerprint density at radius 2 is 1.40 bits per heavy atom. The van der Waals surface area contributed by atoms with E-state index < -0.39 is 0 Å². The number of nitrogens with zero attached hydrogens (tertiary/aromatic N) is 1. The van der Waals surface area contributed by atoms with Crippen molar-refractivity contribution in [3.05, 3.63) is 120 Å². The van der Waals surface area contributed by atoms with Gasteiger partial charge in [0, 0.05) is 64.6 Å². The number of H-pyrrole nitrogens is 1. The van der Waals surface area contributed by atoms with Crippen molar-refractivity contribution in [1.29, 1.82) is 0 Å². The minimum absolute atomic E-state index is 0.0906. The Morgan fingerprint density at radius 3 is 2.05 bits per heavy atom. The molecule has 199 valence electrons. The second-order valence-electron chi connectivity index (χ2n) is 9.99. The summed E-state index contributed by atoms with van der Waals surface area (Å²) in [7, 11) is 0. The number of piperidine rings is 1. The standard InChI is InChI=1S/C33H29N4O3/c38-29-17-20-37(21-18-29)28-14-12-26(13-15-28)35-25-8-4-23(5-9-25)32(39)24-6-10-27(11-7-24)36-33(40)30-3-1-2-22-16-19-34-31(22)30/h1-15,19,29,34-35,38H,17-18,20-21H2,(H,36,40). The molecule has 0 unspecified atom stereocenters. The van der Waals surface area contributed by atoms with Crippen LogP contribution < -0.4 is 15.5 Å². The van der Waals surface area contributed by atoms with Crippen molar-refractivity contribution in [3.63, 3.8) is 0 Å². The molecule has 0 bridgehead atoms. The topological polar surface area (TPSA) is 97.5 Å². The number of carbonyl (C=O) groups excluding carboxylic acids is 2. The van der Waals surface area contributed by atoms with Crippen LogP contribution in [0, 0.1) is 6.07 Å². The molecule has 1 amide bonds. The third kappa shape index (κ3) is 5.46. The van der Waals surface area contributed by atoms with Crippen molar-refractivity contribution >= 4 is 45.3 Å². The molecule has 5 aromatic rings. The zero-order valence-electron chi connectivity index (χ0n) is 21.9. The number of para-hydroxylation sites is 1. The summed E-state index contributed by atoms with van der Waals surface area (Å²) in [5, 5.41) is 16.9. The first-order valence-corrected chi connectivity index (χ1v) is 13.4. The maximum absolute atomic E-state index is 13.1. The van der Waals surface area contributed by atoms with Gasteiger partial charge in [-0.3, -0.25) is 9.59 Å². The van der Waals surface area contributed by atoms with Gasteiger partial charge in [-0.2, -0.15) is 0 Å². The lowest BCUT2D eigenvalue weighted by Gasteiger charge is -2.31. The van der Waals surface area contributed by atoms with E-state index in [9.17, 15) is 14.7 Å². The normalized spacial score (nSPS) is 13.8. The van der Waals surface area contributed by atoms with Crippen molar-refractivity contribution in [2.24, 2.45) is 0 Å². The van der Waals surface area contributed by atoms with Gasteiger partial charge in [-0.15, -0.1) is 0 Å². The Balaban J connectivity index is 1.06. The Kier molecular flexibility index (Phi) is 7.04. The molecule has 1 saturated heterocycles. The van der Waals surface area contributed by atoms with E-state index in [2.05, 4.69) is 38.7 Å². The molecule has 1 aliphatic rings. The molecule has 1 fully saturated rings. The number of nitrogens with one attached hydrogen (secondary N) is 3. The van der Waals surface area contributed by atoms with Crippen LogP contribution in [0.2, 0.25) is 0 Å². The number of ketones is 1. The van der Waals surface area contributed by atoms with Crippen LogP contribution in [0.4, 0.5) is 22.7 Å². The minimum atomic E-state index is -0.232. The average Bonchev–Trinajstić information content (AvgIpc) is 3.48. The summed E-state index contributed by atoms with van der Waals surface area (Å²) < 4.78 is 0. The van der Waals surface area contributed by atoms with Crippen molar-refractivity contribution in [3.8, 4) is 0 Å². The van der Waals surface area contributed by atoms with Gasteiger partial charge in [0.25, 0.3) is 5.91 Å². The predicted molar refractivity (Wildman–Crippen MR) is 159 cm³/mol. The number of rotatable bonds is 7. The number of amides is 1. The molecule has 4 N–H and O–H groups in total. The number of carbonyl (C=O) groups is 2. The van der Waals surface area contributed by atoms with E-state index in [1.165, 1.54) is 0 Å². The average molecular weight is 530 g/mol. The highest BCUT2D eigenvalue weighted by Gasteiger charge is 2.17. The number of fused-ring (bicyclic) bond motifs is 1. The summed E-state index contributed by atoms with van der Waals surface area (Å²) in [5.74, 6) is -0.322. The number of aliphatic hydroxyl groups is 1. The first-order chi connectivity index (χ1) is 19.5. The van der Waals surface area contributed by atoms with E-state index in [0.717, 1.165) is 53.9 Å². The van der Waals surface area contributed by atoms with Crippen LogP contribution in [0.3, 0.4) is 0 Å². The minimum Gasteiger partial charge on any atom is -0.393 e. The lowest BCUT2D eigenvalue weighted by Crippen LogP contribution is -2.35. The van der Waals surface area contributed by atoms with E-state index in [4.69, 9.17) is 0 Å². The zero-order valence-corrected chi connectivity index (χ0v) is 21.9. The summed E-state index contributed by atoms with van der Waals surface area (Å²) in [5.41, 5.74) is 6.01. The molecule has 7 nitrogen and oxygen atoms in total. The molecule has 7 heteroatoms. The van der Waals surface area contributed by atoms with Crippen LogP contribution in [0.5, 0.6) is 0 Å². The number of aliphatic hydroxyl groups excluding tert-OH is 1. The largest absolute Gasteiger partial charge is 0.393 e. The van der Waals surface area contributed by atoms with Crippen LogP contribution >= 0.6 is 0 Å². The van der Waals surface area contributed by atoms with Gasteiger partial charge in [0.05, 0.1) is 17.2 Å². The van der Waals surface area contributed by atoms with Crippen LogP contribution in [0.1, 0.15) is 39.1 Å². The van der Waals surface area contributed by atoms with E-state index in [0.29, 0.717) is 22.4 Å². The SMILES string of the molecule is O=C(c1ccc(NC(=O)c2cccc3[c]c[nH]c23)cc1)c1ccc(Nc2ccc(N3CCC(O)CC3)cc2)cc1. The molecule has 6 rings (SSSR count). The molecule has 2 heterocycles. The number of anilines is 4. The summed E-state index contributed by atoms with van der Waals surface area (Å²) in [6, 6.07) is 31.1. The Bertz CT molecular complexity index is 1630. The summed E-state index contributed by atoms with van der Waals surface area (Å²) in [4.78, 5) is 31.2. The van der Waals surface area contributed by atoms with Gasteiger partial charge in [-0.25, -0.2) is 0 Å². The number of hydrogen-bond acceptors (Lipinski definition) is 5. The maximum atomic E-state index is 13.1. The molecule has 40 heavy (non-hydrogen) atoms. The highest BCUT2D eigenvalue weighted by molar-refractivity contribution is 6.12. The number of benzene rings is 4. The Morgan fingerprint density at radius 1 is 0.800 bits per heavy atom. The molecular formula is C33H29N4O3. The lowest BCUT2D eigenvalue weighted by atomic mass is 10.0. The maximum Gasteiger partial charge on any atom is 0.257 e. The molecule has 0 aliphatic carbocycles. The van der Waals surface area contributed by atoms with Crippen molar-refractivity contribution in [2.75, 3.05) is 28.6 Å².